The minimum absolute atomic E-state index is 0.204. The first-order valence-electron chi connectivity index (χ1n) is 8.25. The molecule has 0 aromatic heterocycles. The predicted molar refractivity (Wildman–Crippen MR) is 98.9 cm³/mol. The standard InChI is InChI=1S/C15H28N4O7S/c1-6(2)10(16)13(23)17-8(4-20)12(22)19-11(7(3)21)14(24)18-9(5-27)15(25)26/h6-11,20-21,27H,4-5,16H2,1-3H3,(H,17,23)(H,18,24)(H,19,22)(H,25,26). The van der Waals surface area contributed by atoms with E-state index in [-0.39, 0.29) is 11.7 Å². The molecule has 0 fully saturated rings. The summed E-state index contributed by atoms with van der Waals surface area (Å²) >= 11 is 3.80. The summed E-state index contributed by atoms with van der Waals surface area (Å²) in [5, 5.41) is 34.6. The minimum atomic E-state index is -1.51. The Labute approximate surface area is 162 Å². The van der Waals surface area contributed by atoms with Crippen molar-refractivity contribution in [2.45, 2.75) is 51.0 Å². The molecule has 0 heterocycles. The van der Waals surface area contributed by atoms with Crippen molar-refractivity contribution in [1.82, 2.24) is 16.0 Å². The van der Waals surface area contributed by atoms with E-state index in [0.717, 1.165) is 0 Å². The molecule has 11 nitrogen and oxygen atoms in total. The Morgan fingerprint density at radius 1 is 0.963 bits per heavy atom. The van der Waals surface area contributed by atoms with Gasteiger partial charge in [0.15, 0.2) is 0 Å². The van der Waals surface area contributed by atoms with Crippen LogP contribution in [0.3, 0.4) is 0 Å². The average molecular weight is 408 g/mol. The third-order valence-corrected chi connectivity index (χ3v) is 4.06. The molecule has 0 radical (unpaired) electrons. The number of carboxylic acids is 1. The first kappa shape index (κ1) is 25.1. The van der Waals surface area contributed by atoms with Gasteiger partial charge in [0, 0.05) is 5.75 Å². The van der Waals surface area contributed by atoms with Gasteiger partial charge < -0.3 is 37.0 Å². The molecule has 0 bridgehead atoms. The highest BCUT2D eigenvalue weighted by Gasteiger charge is 2.32. The van der Waals surface area contributed by atoms with Gasteiger partial charge in [0.1, 0.15) is 18.1 Å². The van der Waals surface area contributed by atoms with Gasteiger partial charge in [-0.3, -0.25) is 14.4 Å². The number of aliphatic hydroxyl groups is 2. The lowest BCUT2D eigenvalue weighted by Gasteiger charge is -2.26. The molecule has 0 aliphatic heterocycles. The van der Waals surface area contributed by atoms with E-state index in [0.29, 0.717) is 0 Å². The van der Waals surface area contributed by atoms with E-state index in [1.54, 1.807) is 13.8 Å². The molecule has 156 valence electrons. The average Bonchev–Trinajstić information content (AvgIpc) is 2.59. The summed E-state index contributed by atoms with van der Waals surface area (Å²) in [6, 6.07) is -5.15. The maximum atomic E-state index is 12.3. The minimum Gasteiger partial charge on any atom is -0.480 e. The molecule has 8 N–H and O–H groups in total. The number of hydrogen-bond acceptors (Lipinski definition) is 8. The second kappa shape index (κ2) is 11.7. The van der Waals surface area contributed by atoms with Gasteiger partial charge in [-0.05, 0) is 12.8 Å². The van der Waals surface area contributed by atoms with Crippen LogP contribution in [-0.2, 0) is 19.2 Å². The van der Waals surface area contributed by atoms with Gasteiger partial charge in [0.2, 0.25) is 17.7 Å². The van der Waals surface area contributed by atoms with Crippen LogP contribution in [0, 0.1) is 5.92 Å². The van der Waals surface area contributed by atoms with Crippen LogP contribution >= 0.6 is 12.6 Å². The van der Waals surface area contributed by atoms with Crippen molar-refractivity contribution < 1.29 is 34.5 Å². The Balaban J connectivity index is 5.10. The summed E-state index contributed by atoms with van der Waals surface area (Å²) in [7, 11) is 0. The van der Waals surface area contributed by atoms with E-state index in [2.05, 4.69) is 28.6 Å². The molecule has 27 heavy (non-hydrogen) atoms. The number of amides is 3. The Kier molecular flexibility index (Phi) is 10.9. The second-order valence-electron chi connectivity index (χ2n) is 6.32. The number of rotatable bonds is 11. The highest BCUT2D eigenvalue weighted by molar-refractivity contribution is 7.80. The van der Waals surface area contributed by atoms with Crippen molar-refractivity contribution in [2.24, 2.45) is 11.7 Å². The molecule has 0 aromatic carbocycles. The van der Waals surface area contributed by atoms with Crippen LogP contribution in [0.2, 0.25) is 0 Å². The number of carbonyl (C=O) groups excluding carboxylic acids is 3. The Hall–Kier alpha value is -1.89. The molecule has 0 saturated carbocycles. The summed E-state index contributed by atoms with van der Waals surface area (Å²) in [6.07, 6.45) is -1.38. The largest absolute Gasteiger partial charge is 0.480 e. The molecule has 0 saturated heterocycles. The lowest BCUT2D eigenvalue weighted by Crippen LogP contribution is -2.61. The van der Waals surface area contributed by atoms with Crippen molar-refractivity contribution in [3.63, 3.8) is 0 Å². The van der Waals surface area contributed by atoms with Crippen LogP contribution in [0.15, 0.2) is 0 Å². The van der Waals surface area contributed by atoms with E-state index < -0.39 is 60.6 Å². The molecule has 3 amide bonds. The first-order chi connectivity index (χ1) is 12.5. The van der Waals surface area contributed by atoms with Gasteiger partial charge in [-0.25, -0.2) is 4.79 Å². The third-order valence-electron chi connectivity index (χ3n) is 3.70. The predicted octanol–water partition coefficient (Wildman–Crippen LogP) is -3.19. The van der Waals surface area contributed by atoms with Crippen molar-refractivity contribution >= 4 is 36.3 Å². The Bertz CT molecular complexity index is 544. The molecule has 5 atom stereocenters. The zero-order valence-corrected chi connectivity index (χ0v) is 16.3. The SMILES string of the molecule is CC(C)C(N)C(=O)NC(CO)C(=O)NC(C(=O)NC(CS)C(=O)O)C(C)O. The number of carbonyl (C=O) groups is 4. The van der Waals surface area contributed by atoms with Crippen LogP contribution in [0.25, 0.3) is 0 Å². The zero-order valence-electron chi connectivity index (χ0n) is 15.4. The van der Waals surface area contributed by atoms with Gasteiger partial charge >= 0.3 is 5.97 Å². The second-order valence-corrected chi connectivity index (χ2v) is 6.69. The van der Waals surface area contributed by atoms with E-state index in [4.69, 9.17) is 10.8 Å². The molecule has 0 aromatic rings. The van der Waals surface area contributed by atoms with Crippen LogP contribution in [-0.4, -0.2) is 81.6 Å². The molecule has 5 unspecified atom stereocenters. The fourth-order valence-electron chi connectivity index (χ4n) is 1.87. The number of nitrogens with one attached hydrogen (secondary N) is 3. The molecule has 0 rings (SSSR count). The van der Waals surface area contributed by atoms with Crippen molar-refractivity contribution in [1.29, 1.82) is 0 Å². The van der Waals surface area contributed by atoms with E-state index in [1.807, 2.05) is 0 Å². The van der Waals surface area contributed by atoms with E-state index >= 15 is 0 Å². The molecular weight excluding hydrogens is 380 g/mol. The van der Waals surface area contributed by atoms with Crippen molar-refractivity contribution in [3.05, 3.63) is 0 Å². The topological polar surface area (TPSA) is 191 Å². The molecule has 0 spiro atoms. The van der Waals surface area contributed by atoms with Gasteiger partial charge in [0.05, 0.1) is 18.8 Å². The number of hydrogen-bond donors (Lipinski definition) is 8. The molecular formula is C15H28N4O7S. The number of carboxylic acid groups (broad SMARTS) is 1. The van der Waals surface area contributed by atoms with Crippen LogP contribution < -0.4 is 21.7 Å². The summed E-state index contributed by atoms with van der Waals surface area (Å²) < 4.78 is 0. The summed E-state index contributed by atoms with van der Waals surface area (Å²) in [4.78, 5) is 47.3. The molecule has 0 aliphatic rings. The highest BCUT2D eigenvalue weighted by Crippen LogP contribution is 2.01. The van der Waals surface area contributed by atoms with Gasteiger partial charge in [-0.1, -0.05) is 13.8 Å². The van der Waals surface area contributed by atoms with E-state index in [9.17, 15) is 29.4 Å². The van der Waals surface area contributed by atoms with Gasteiger partial charge in [-0.2, -0.15) is 12.6 Å². The van der Waals surface area contributed by atoms with Gasteiger partial charge in [0.25, 0.3) is 0 Å². The summed E-state index contributed by atoms with van der Waals surface area (Å²) in [5.74, 6) is -4.32. The van der Waals surface area contributed by atoms with Crippen molar-refractivity contribution in [3.8, 4) is 0 Å². The lowest BCUT2D eigenvalue weighted by atomic mass is 10.0. The first-order valence-corrected chi connectivity index (χ1v) is 8.88. The summed E-state index contributed by atoms with van der Waals surface area (Å²) in [6.45, 7) is 3.84. The maximum absolute atomic E-state index is 12.3. The molecule has 12 heteroatoms. The number of nitrogens with two attached hydrogens (primary N) is 1. The summed E-state index contributed by atoms with van der Waals surface area (Å²) in [5.41, 5.74) is 5.67. The highest BCUT2D eigenvalue weighted by atomic mass is 32.1. The van der Waals surface area contributed by atoms with Crippen LogP contribution in [0.5, 0.6) is 0 Å². The lowest BCUT2D eigenvalue weighted by molar-refractivity contribution is -0.142. The number of aliphatic carboxylic acids is 1. The Morgan fingerprint density at radius 2 is 1.48 bits per heavy atom. The third kappa shape index (κ3) is 8.12. The van der Waals surface area contributed by atoms with Crippen LogP contribution in [0.1, 0.15) is 20.8 Å². The van der Waals surface area contributed by atoms with Crippen molar-refractivity contribution in [2.75, 3.05) is 12.4 Å². The maximum Gasteiger partial charge on any atom is 0.327 e. The number of aliphatic hydroxyl groups excluding tert-OH is 2. The monoisotopic (exact) mass is 408 g/mol. The Morgan fingerprint density at radius 3 is 1.85 bits per heavy atom. The normalized spacial score (nSPS) is 16.6. The number of thiol groups is 1. The van der Waals surface area contributed by atoms with E-state index in [1.165, 1.54) is 6.92 Å². The fourth-order valence-corrected chi connectivity index (χ4v) is 2.12. The fraction of sp³-hybridized carbons (Fsp3) is 0.733. The smallest absolute Gasteiger partial charge is 0.327 e. The quantitative estimate of drug-likeness (QED) is 0.164. The zero-order chi connectivity index (χ0) is 21.3. The molecule has 0 aliphatic carbocycles. The van der Waals surface area contributed by atoms with Crippen LogP contribution in [0.4, 0.5) is 0 Å². The van der Waals surface area contributed by atoms with Gasteiger partial charge in [-0.15, -0.1) is 0 Å².